The van der Waals surface area contributed by atoms with E-state index in [9.17, 15) is 14.0 Å². The van der Waals surface area contributed by atoms with E-state index in [1.807, 2.05) is 0 Å². The molecule has 0 unspecified atom stereocenters. The molecule has 2 amide bonds. The van der Waals surface area contributed by atoms with Crippen LogP contribution in [0.15, 0.2) is 57.9 Å². The van der Waals surface area contributed by atoms with Gasteiger partial charge >= 0.3 is 0 Å². The molecule has 0 saturated carbocycles. The molecule has 30 heavy (non-hydrogen) atoms. The van der Waals surface area contributed by atoms with Gasteiger partial charge in [0.05, 0.1) is 16.5 Å². The fraction of sp³-hybridized carbons (Fsp3) is 0.0476. The van der Waals surface area contributed by atoms with Gasteiger partial charge in [0.1, 0.15) is 17.3 Å². The monoisotopic (exact) mass is 481 g/mol. The molecule has 1 aliphatic heterocycles. The number of hydrogen-bond acceptors (Lipinski definition) is 4. The van der Waals surface area contributed by atoms with Gasteiger partial charge in [-0.1, -0.05) is 40.9 Å². The molecule has 1 saturated heterocycles. The van der Waals surface area contributed by atoms with Crippen molar-refractivity contribution in [2.24, 2.45) is 0 Å². The van der Waals surface area contributed by atoms with Crippen LogP contribution in [0.2, 0.25) is 15.1 Å². The first-order chi connectivity index (χ1) is 14.3. The van der Waals surface area contributed by atoms with Gasteiger partial charge in [-0.05, 0) is 54.2 Å². The van der Waals surface area contributed by atoms with E-state index in [-0.39, 0.29) is 22.0 Å². The number of amides is 2. The molecule has 0 atom stereocenters. The van der Waals surface area contributed by atoms with E-state index in [1.54, 1.807) is 30.3 Å². The number of nitrogens with zero attached hydrogens (tertiary/aromatic N) is 1. The highest BCUT2D eigenvalue weighted by molar-refractivity contribution is 8.18. The first-order valence-electron chi connectivity index (χ1n) is 8.57. The van der Waals surface area contributed by atoms with Crippen LogP contribution in [-0.4, -0.2) is 16.0 Å². The predicted molar refractivity (Wildman–Crippen MR) is 117 cm³/mol. The minimum Gasteiger partial charge on any atom is -0.457 e. The molecule has 2 aromatic carbocycles. The van der Waals surface area contributed by atoms with Crippen LogP contribution in [0, 0.1) is 5.82 Å². The summed E-state index contributed by atoms with van der Waals surface area (Å²) >= 11 is 19.0. The van der Waals surface area contributed by atoms with Crippen molar-refractivity contribution in [1.29, 1.82) is 0 Å². The van der Waals surface area contributed by atoms with Gasteiger partial charge in [0.25, 0.3) is 11.1 Å². The normalized spacial score (nSPS) is 15.5. The number of benzene rings is 2. The van der Waals surface area contributed by atoms with E-state index in [2.05, 4.69) is 0 Å². The largest absolute Gasteiger partial charge is 0.457 e. The number of halogens is 4. The van der Waals surface area contributed by atoms with E-state index < -0.39 is 17.0 Å². The number of carbonyl (C=O) groups is 2. The molecule has 1 aliphatic rings. The molecule has 0 spiro atoms. The molecule has 152 valence electrons. The Labute approximate surface area is 190 Å². The summed E-state index contributed by atoms with van der Waals surface area (Å²) in [5.74, 6) is -0.316. The second kappa shape index (κ2) is 8.47. The number of furan rings is 1. The maximum atomic E-state index is 14.0. The molecule has 0 bridgehead atoms. The van der Waals surface area contributed by atoms with E-state index in [4.69, 9.17) is 39.2 Å². The van der Waals surface area contributed by atoms with E-state index in [0.29, 0.717) is 27.1 Å². The summed E-state index contributed by atoms with van der Waals surface area (Å²) in [6, 6.07) is 12.5. The van der Waals surface area contributed by atoms with Crippen molar-refractivity contribution >= 4 is 63.8 Å². The van der Waals surface area contributed by atoms with Crippen molar-refractivity contribution in [3.05, 3.63) is 85.6 Å². The zero-order valence-electron chi connectivity index (χ0n) is 15.0. The quantitative estimate of drug-likeness (QED) is 0.367. The molecule has 2 heterocycles. The lowest BCUT2D eigenvalue weighted by Gasteiger charge is -2.14. The zero-order valence-corrected chi connectivity index (χ0v) is 18.1. The van der Waals surface area contributed by atoms with Crippen LogP contribution in [-0.2, 0) is 11.3 Å². The van der Waals surface area contributed by atoms with Crippen LogP contribution >= 0.6 is 46.6 Å². The minimum absolute atomic E-state index is 0.0820. The lowest BCUT2D eigenvalue weighted by Crippen LogP contribution is -2.28. The van der Waals surface area contributed by atoms with Gasteiger partial charge in [-0.2, -0.15) is 0 Å². The van der Waals surface area contributed by atoms with Gasteiger partial charge < -0.3 is 4.42 Å². The van der Waals surface area contributed by atoms with Crippen molar-refractivity contribution in [2.45, 2.75) is 6.54 Å². The second-order valence-electron chi connectivity index (χ2n) is 6.29. The van der Waals surface area contributed by atoms with Gasteiger partial charge in [0, 0.05) is 27.2 Å². The van der Waals surface area contributed by atoms with E-state index in [0.717, 1.165) is 16.7 Å². The Morgan fingerprint density at radius 1 is 1.03 bits per heavy atom. The van der Waals surface area contributed by atoms with Gasteiger partial charge in [-0.15, -0.1) is 0 Å². The van der Waals surface area contributed by atoms with E-state index >= 15 is 0 Å². The molecule has 0 aliphatic carbocycles. The number of hydrogen-bond donors (Lipinski definition) is 0. The Kier molecular flexibility index (Phi) is 5.93. The highest BCUT2D eigenvalue weighted by atomic mass is 35.5. The second-order valence-corrected chi connectivity index (χ2v) is 8.54. The van der Waals surface area contributed by atoms with Gasteiger partial charge in [0.2, 0.25) is 0 Å². The lowest BCUT2D eigenvalue weighted by atomic mass is 10.2. The SMILES string of the molecule is O=C1S/C(=C/c2ccc(-c3cc(Cl)ccc3Cl)o2)C(=O)N1Cc1c(F)cccc1Cl. The van der Waals surface area contributed by atoms with Crippen LogP contribution in [0.3, 0.4) is 0 Å². The Bertz CT molecular complexity index is 1190. The molecule has 0 N–H and O–H groups in total. The topological polar surface area (TPSA) is 50.5 Å². The van der Waals surface area contributed by atoms with Crippen molar-refractivity contribution in [3.8, 4) is 11.3 Å². The van der Waals surface area contributed by atoms with Crippen molar-refractivity contribution in [1.82, 2.24) is 4.90 Å². The average Bonchev–Trinajstić information content (AvgIpc) is 3.26. The number of imide groups is 1. The predicted octanol–water partition coefficient (Wildman–Crippen LogP) is 7.28. The van der Waals surface area contributed by atoms with Crippen molar-refractivity contribution in [2.75, 3.05) is 0 Å². The molecule has 3 aromatic rings. The summed E-state index contributed by atoms with van der Waals surface area (Å²) in [7, 11) is 0. The minimum atomic E-state index is -0.584. The third-order valence-corrected chi connectivity index (χ3v) is 6.17. The maximum Gasteiger partial charge on any atom is 0.293 e. The Balaban J connectivity index is 1.58. The molecule has 4 rings (SSSR count). The highest BCUT2D eigenvalue weighted by Gasteiger charge is 2.36. The summed E-state index contributed by atoms with van der Waals surface area (Å²) in [4.78, 5) is 26.1. The molecular weight excluding hydrogens is 472 g/mol. The van der Waals surface area contributed by atoms with Crippen LogP contribution in [0.4, 0.5) is 9.18 Å². The van der Waals surface area contributed by atoms with Crippen LogP contribution in [0.1, 0.15) is 11.3 Å². The summed E-state index contributed by atoms with van der Waals surface area (Å²) in [6.45, 7) is -0.255. The molecule has 9 heteroatoms. The fourth-order valence-corrected chi connectivity index (χ4v) is 4.29. The van der Waals surface area contributed by atoms with Gasteiger partial charge in [-0.25, -0.2) is 4.39 Å². The van der Waals surface area contributed by atoms with Gasteiger partial charge in [-0.3, -0.25) is 14.5 Å². The fourth-order valence-electron chi connectivity index (χ4n) is 2.87. The first kappa shape index (κ1) is 21.0. The molecule has 1 fully saturated rings. The third kappa shape index (κ3) is 4.14. The zero-order chi connectivity index (χ0) is 21.4. The van der Waals surface area contributed by atoms with E-state index in [1.165, 1.54) is 24.3 Å². The first-order valence-corrected chi connectivity index (χ1v) is 10.5. The molecular formula is C21H11Cl3FNO3S. The Morgan fingerprint density at radius 3 is 2.60 bits per heavy atom. The Morgan fingerprint density at radius 2 is 1.83 bits per heavy atom. The van der Waals surface area contributed by atoms with Crippen LogP contribution in [0.25, 0.3) is 17.4 Å². The van der Waals surface area contributed by atoms with Crippen molar-refractivity contribution < 1.29 is 18.4 Å². The number of carbonyl (C=O) groups excluding carboxylic acids is 2. The smallest absolute Gasteiger partial charge is 0.293 e. The van der Waals surface area contributed by atoms with Crippen LogP contribution in [0.5, 0.6) is 0 Å². The maximum absolute atomic E-state index is 14.0. The molecule has 1 aromatic heterocycles. The summed E-state index contributed by atoms with van der Waals surface area (Å²) in [5.41, 5.74) is 0.685. The summed E-state index contributed by atoms with van der Waals surface area (Å²) in [5, 5.41) is 0.588. The number of thioether (sulfide) groups is 1. The Hall–Kier alpha value is -2.25. The number of rotatable bonds is 4. The third-order valence-electron chi connectivity index (χ3n) is 4.35. The average molecular weight is 483 g/mol. The summed E-state index contributed by atoms with van der Waals surface area (Å²) in [6.07, 6.45) is 1.45. The van der Waals surface area contributed by atoms with Crippen LogP contribution < -0.4 is 0 Å². The van der Waals surface area contributed by atoms with Gasteiger partial charge in [0.15, 0.2) is 0 Å². The summed E-state index contributed by atoms with van der Waals surface area (Å²) < 4.78 is 19.8. The molecule has 0 radical (unpaired) electrons. The van der Waals surface area contributed by atoms with Crippen molar-refractivity contribution in [3.63, 3.8) is 0 Å². The molecule has 4 nitrogen and oxygen atoms in total. The lowest BCUT2D eigenvalue weighted by molar-refractivity contribution is -0.123. The highest BCUT2D eigenvalue weighted by Crippen LogP contribution is 2.36. The standard InChI is InChI=1S/C21H11Cl3FNO3S/c22-11-4-6-16(24)13(8-11)18-7-5-12(29-18)9-19-20(27)26(21(28)30-19)10-14-15(23)2-1-3-17(14)25/h1-9H,10H2/b19-9+.